The monoisotopic (exact) mass is 704 g/mol. The highest BCUT2D eigenvalue weighted by Gasteiger charge is 2.50. The van der Waals surface area contributed by atoms with Crippen molar-refractivity contribution >= 4 is 17.6 Å². The van der Waals surface area contributed by atoms with E-state index in [1.54, 1.807) is 12.2 Å². The number of halogens is 1. The first-order valence-electron chi connectivity index (χ1n) is 17.9. The van der Waals surface area contributed by atoms with Gasteiger partial charge in [0.25, 0.3) is 0 Å². The van der Waals surface area contributed by atoms with Crippen molar-refractivity contribution in [3.05, 3.63) is 70.3 Å². The van der Waals surface area contributed by atoms with E-state index in [4.69, 9.17) is 44.8 Å². The Bertz CT molecular complexity index is 1250. The Morgan fingerprint density at radius 1 is 0.857 bits per heavy atom. The fourth-order valence-corrected chi connectivity index (χ4v) is 5.86. The second-order valence-corrected chi connectivity index (χ2v) is 12.6. The van der Waals surface area contributed by atoms with Gasteiger partial charge in [-0.15, -0.1) is 0 Å². The van der Waals surface area contributed by atoms with Gasteiger partial charge in [-0.05, 0) is 74.1 Å². The second kappa shape index (κ2) is 22.9. The van der Waals surface area contributed by atoms with Crippen molar-refractivity contribution in [2.24, 2.45) is 0 Å². The number of hydrogen-bond donors (Lipinski definition) is 1. The Hall–Kier alpha value is -2.66. The third-order valence-electron chi connectivity index (χ3n) is 8.23. The predicted molar refractivity (Wildman–Crippen MR) is 192 cm³/mol. The van der Waals surface area contributed by atoms with Crippen LogP contribution >= 0.6 is 11.6 Å². The van der Waals surface area contributed by atoms with Crippen molar-refractivity contribution in [2.45, 2.75) is 110 Å². The topological polar surface area (TPSA) is 102 Å². The first-order valence-corrected chi connectivity index (χ1v) is 18.3. The predicted octanol–water partition coefficient (Wildman–Crippen LogP) is 7.82. The third kappa shape index (κ3) is 13.2. The SMILES string of the molecule is CCCCO[C@@H]1[C@@H](OCCCC)[C@H](c2cc(Cc3ccc(OCC)cc3)c(Cl)cc2OC/C=C\CO)O[C@H](COC(C)=O)[C@H]1OCCCC. The van der Waals surface area contributed by atoms with Crippen LogP contribution in [0.25, 0.3) is 0 Å². The van der Waals surface area contributed by atoms with Gasteiger partial charge in [-0.25, -0.2) is 0 Å². The molecule has 5 atom stereocenters. The summed E-state index contributed by atoms with van der Waals surface area (Å²) in [6.07, 6.45) is 6.56. The van der Waals surface area contributed by atoms with Crippen molar-refractivity contribution in [1.29, 1.82) is 0 Å². The van der Waals surface area contributed by atoms with E-state index in [0.29, 0.717) is 43.6 Å². The summed E-state index contributed by atoms with van der Waals surface area (Å²) in [5.74, 6) is 0.936. The summed E-state index contributed by atoms with van der Waals surface area (Å²) >= 11 is 6.93. The van der Waals surface area contributed by atoms with Gasteiger partial charge in [0.05, 0.1) is 13.2 Å². The Labute approximate surface area is 298 Å². The number of carbonyl (C=O) groups excluding carboxylic acids is 1. The lowest BCUT2D eigenvalue weighted by atomic mass is 9.88. The summed E-state index contributed by atoms with van der Waals surface area (Å²) in [5.41, 5.74) is 2.69. The molecule has 10 heteroatoms. The van der Waals surface area contributed by atoms with E-state index < -0.39 is 36.5 Å². The van der Waals surface area contributed by atoms with Gasteiger partial charge in [0.2, 0.25) is 0 Å². The smallest absolute Gasteiger partial charge is 0.302 e. The normalized spacial score (nSPS) is 20.8. The number of ether oxygens (including phenoxy) is 7. The molecule has 1 fully saturated rings. The molecule has 1 aliphatic heterocycles. The number of hydrogen-bond acceptors (Lipinski definition) is 9. The number of aliphatic hydroxyl groups is 1. The molecule has 274 valence electrons. The molecular weight excluding hydrogens is 648 g/mol. The Morgan fingerprint density at radius 3 is 2.08 bits per heavy atom. The Kier molecular flexibility index (Phi) is 19.1. The highest BCUT2D eigenvalue weighted by atomic mass is 35.5. The second-order valence-electron chi connectivity index (χ2n) is 12.2. The van der Waals surface area contributed by atoms with Crippen LogP contribution in [0.5, 0.6) is 11.5 Å². The molecule has 1 N–H and O–H groups in total. The minimum Gasteiger partial charge on any atom is -0.494 e. The molecule has 3 rings (SSSR count). The fourth-order valence-electron chi connectivity index (χ4n) is 5.64. The average molecular weight is 705 g/mol. The van der Waals surface area contributed by atoms with Crippen LogP contribution < -0.4 is 9.47 Å². The number of esters is 1. The summed E-state index contributed by atoms with van der Waals surface area (Å²) in [6, 6.07) is 11.8. The van der Waals surface area contributed by atoms with Crippen LogP contribution in [0.1, 0.15) is 95.9 Å². The van der Waals surface area contributed by atoms with Gasteiger partial charge in [0, 0.05) is 37.3 Å². The molecule has 0 amide bonds. The molecule has 0 aliphatic carbocycles. The molecule has 0 radical (unpaired) electrons. The molecular formula is C39H57ClO9. The fraction of sp³-hybridized carbons (Fsp3) is 0.615. The number of unbranched alkanes of at least 4 members (excludes halogenated alkanes) is 3. The van der Waals surface area contributed by atoms with Crippen molar-refractivity contribution < 1.29 is 43.1 Å². The first kappa shape index (κ1) is 40.8. The highest BCUT2D eigenvalue weighted by Crippen LogP contribution is 2.43. The number of benzene rings is 2. The minimum atomic E-state index is -0.664. The molecule has 0 spiro atoms. The molecule has 1 heterocycles. The summed E-state index contributed by atoms with van der Waals surface area (Å²) < 4.78 is 44.2. The van der Waals surface area contributed by atoms with Crippen molar-refractivity contribution in [2.75, 3.05) is 46.2 Å². The van der Waals surface area contributed by atoms with Crippen molar-refractivity contribution in [1.82, 2.24) is 0 Å². The van der Waals surface area contributed by atoms with Crippen LogP contribution in [-0.4, -0.2) is 81.7 Å². The van der Waals surface area contributed by atoms with E-state index in [0.717, 1.165) is 61.0 Å². The number of carbonyl (C=O) groups is 1. The van der Waals surface area contributed by atoms with Gasteiger partial charge in [0.15, 0.2) is 0 Å². The molecule has 0 bridgehead atoms. The molecule has 9 nitrogen and oxygen atoms in total. The summed E-state index contributed by atoms with van der Waals surface area (Å²) in [5, 5.41) is 9.84. The van der Waals surface area contributed by atoms with Crippen LogP contribution in [-0.2, 0) is 34.9 Å². The number of aliphatic hydroxyl groups excluding tert-OH is 1. The van der Waals surface area contributed by atoms with Gasteiger partial charge in [-0.2, -0.15) is 0 Å². The molecule has 2 aromatic rings. The first-order chi connectivity index (χ1) is 23.9. The molecule has 49 heavy (non-hydrogen) atoms. The standard InChI is InChI=1S/C39H57ClO9/c1-6-10-20-45-37-35(27-48-28(5)42)49-36(38(46-21-11-7-2)39(37)47-22-12-8-3)32-25-30(24-29-15-17-31(18-16-29)43-9-4)33(40)26-34(32)44-23-14-13-19-41/h13-18,25-26,35-39,41H,6-12,19-24,27H2,1-5H3/b14-13-/t35-,36+,37-,38+,39+/m1/s1. The molecule has 1 aliphatic rings. The van der Waals surface area contributed by atoms with E-state index in [1.807, 2.05) is 43.3 Å². The minimum absolute atomic E-state index is 0.00000238. The lowest BCUT2D eigenvalue weighted by Gasteiger charge is -2.46. The van der Waals surface area contributed by atoms with Gasteiger partial charge < -0.3 is 38.3 Å². The van der Waals surface area contributed by atoms with E-state index >= 15 is 0 Å². The number of rotatable bonds is 23. The van der Waals surface area contributed by atoms with E-state index in [-0.39, 0.29) is 19.8 Å². The van der Waals surface area contributed by atoms with Gasteiger partial charge in [-0.3, -0.25) is 4.79 Å². The van der Waals surface area contributed by atoms with E-state index in [1.165, 1.54) is 6.92 Å². The van der Waals surface area contributed by atoms with E-state index in [9.17, 15) is 9.90 Å². The summed E-state index contributed by atoms with van der Waals surface area (Å²) in [4.78, 5) is 12.0. The van der Waals surface area contributed by atoms with Crippen LogP contribution in [0.3, 0.4) is 0 Å². The Morgan fingerprint density at radius 2 is 1.49 bits per heavy atom. The zero-order chi connectivity index (χ0) is 35.4. The molecule has 0 aromatic heterocycles. The lowest BCUT2D eigenvalue weighted by molar-refractivity contribution is -0.267. The van der Waals surface area contributed by atoms with Crippen molar-refractivity contribution in [3.8, 4) is 11.5 Å². The molecule has 2 aromatic carbocycles. The van der Waals surface area contributed by atoms with Gasteiger partial charge in [0.1, 0.15) is 55.2 Å². The highest BCUT2D eigenvalue weighted by molar-refractivity contribution is 6.31. The van der Waals surface area contributed by atoms with E-state index in [2.05, 4.69) is 20.8 Å². The quantitative estimate of drug-likeness (QED) is 0.0705. The maximum atomic E-state index is 12.0. The maximum absolute atomic E-state index is 12.0. The largest absolute Gasteiger partial charge is 0.494 e. The van der Waals surface area contributed by atoms with Crippen LogP contribution in [0.4, 0.5) is 0 Å². The van der Waals surface area contributed by atoms with Crippen molar-refractivity contribution in [3.63, 3.8) is 0 Å². The molecule has 1 saturated heterocycles. The zero-order valence-corrected chi connectivity index (χ0v) is 30.8. The zero-order valence-electron chi connectivity index (χ0n) is 30.0. The van der Waals surface area contributed by atoms with Crippen LogP contribution in [0, 0.1) is 0 Å². The average Bonchev–Trinajstić information content (AvgIpc) is 3.09. The molecule has 0 unspecified atom stereocenters. The van der Waals surface area contributed by atoms with Crippen LogP contribution in [0.15, 0.2) is 48.6 Å². The molecule has 0 saturated carbocycles. The Balaban J connectivity index is 2.14. The van der Waals surface area contributed by atoms with Gasteiger partial charge >= 0.3 is 5.97 Å². The summed E-state index contributed by atoms with van der Waals surface area (Å²) in [6.45, 7) is 12.0. The summed E-state index contributed by atoms with van der Waals surface area (Å²) in [7, 11) is 0. The van der Waals surface area contributed by atoms with Crippen LogP contribution in [0.2, 0.25) is 5.02 Å². The third-order valence-corrected chi connectivity index (χ3v) is 8.58. The van der Waals surface area contributed by atoms with Gasteiger partial charge in [-0.1, -0.05) is 69.8 Å². The maximum Gasteiger partial charge on any atom is 0.302 e. The lowest BCUT2D eigenvalue weighted by Crippen LogP contribution is -2.58.